The van der Waals surface area contributed by atoms with Gasteiger partial charge in [0.25, 0.3) is 0 Å². The van der Waals surface area contributed by atoms with Crippen molar-refractivity contribution in [2.24, 2.45) is 0 Å². The molecule has 0 unspecified atom stereocenters. The Labute approximate surface area is 163 Å². The maximum absolute atomic E-state index is 12.9. The molecule has 146 valence electrons. The van der Waals surface area contributed by atoms with Crippen LogP contribution in [0, 0.1) is 0 Å². The molecule has 1 aliphatic rings. The fourth-order valence-electron chi connectivity index (χ4n) is 2.93. The van der Waals surface area contributed by atoms with Gasteiger partial charge < -0.3 is 24.1 Å². The highest BCUT2D eigenvalue weighted by Crippen LogP contribution is 2.30. The van der Waals surface area contributed by atoms with Crippen LogP contribution in [-0.4, -0.2) is 45.4 Å². The van der Waals surface area contributed by atoms with Crippen LogP contribution in [0.2, 0.25) is 0 Å². The molecule has 0 aliphatic carbocycles. The summed E-state index contributed by atoms with van der Waals surface area (Å²) in [5.41, 5.74) is 2.57. The Bertz CT molecular complexity index is 942. The Balaban J connectivity index is 1.91. The molecule has 0 spiro atoms. The number of ketones is 1. The van der Waals surface area contributed by atoms with Crippen LogP contribution in [0.5, 0.6) is 23.0 Å². The van der Waals surface area contributed by atoms with E-state index in [9.17, 15) is 9.90 Å². The van der Waals surface area contributed by atoms with Crippen LogP contribution in [0.4, 0.5) is 0 Å². The number of ether oxygens (including phenoxy) is 4. The van der Waals surface area contributed by atoms with Crippen LogP contribution in [0.25, 0.3) is 12.2 Å². The van der Waals surface area contributed by atoms with Gasteiger partial charge in [0.15, 0.2) is 17.3 Å². The van der Waals surface area contributed by atoms with Crippen molar-refractivity contribution in [2.45, 2.75) is 0 Å². The number of benzene rings is 2. The lowest BCUT2D eigenvalue weighted by atomic mass is 9.97. The number of carbonyl (C=O) groups excluding carboxylic acids is 1. The lowest BCUT2D eigenvalue weighted by molar-refractivity contribution is -0.114. The molecule has 2 aromatic carbocycles. The lowest BCUT2D eigenvalue weighted by Crippen LogP contribution is -2.22. The number of phenolic OH excluding ortho intramolecular Hbond substituents is 1. The number of hydrogen-bond donors (Lipinski definition) is 1. The molecule has 1 heterocycles. The van der Waals surface area contributed by atoms with E-state index in [-0.39, 0.29) is 24.7 Å². The minimum absolute atomic E-state index is 0.0445. The summed E-state index contributed by atoms with van der Waals surface area (Å²) < 4.78 is 21.3. The molecular formula is C22H22O6. The molecule has 1 aliphatic heterocycles. The zero-order chi connectivity index (χ0) is 20.1. The highest BCUT2D eigenvalue weighted by Gasteiger charge is 2.22. The summed E-state index contributed by atoms with van der Waals surface area (Å²) in [5.74, 6) is 1.59. The summed E-state index contributed by atoms with van der Waals surface area (Å²) >= 11 is 0. The van der Waals surface area contributed by atoms with E-state index in [0.29, 0.717) is 28.4 Å². The van der Waals surface area contributed by atoms with Gasteiger partial charge in [-0.05, 0) is 42.0 Å². The standard InChI is InChI=1S/C22H22O6/c1-25-18-6-5-15(20(11-18)26-2)10-17-13-28-12-16(22(17)24)8-14-4-7-19(23)21(9-14)27-3/h4-11,23H,12-13H2,1-3H3/b16-8+,17-10+. The number of phenols is 1. The molecule has 1 saturated heterocycles. The predicted octanol–water partition coefficient (Wildman–Crippen LogP) is 3.48. The molecule has 0 bridgehead atoms. The van der Waals surface area contributed by atoms with Crippen molar-refractivity contribution in [3.05, 3.63) is 58.7 Å². The van der Waals surface area contributed by atoms with Gasteiger partial charge in [-0.1, -0.05) is 6.07 Å². The molecule has 6 nitrogen and oxygen atoms in total. The summed E-state index contributed by atoms with van der Waals surface area (Å²) in [6.07, 6.45) is 3.51. The molecule has 3 rings (SSSR count). The largest absolute Gasteiger partial charge is 0.504 e. The van der Waals surface area contributed by atoms with E-state index in [0.717, 1.165) is 11.1 Å². The van der Waals surface area contributed by atoms with E-state index in [4.69, 9.17) is 18.9 Å². The summed E-state index contributed by atoms with van der Waals surface area (Å²) in [5, 5.41) is 9.72. The SMILES string of the molecule is COc1ccc(/C=C2\COC/C(=C\c3ccc(O)c(OC)c3)C2=O)c(OC)c1. The lowest BCUT2D eigenvalue weighted by Gasteiger charge is -2.18. The molecule has 0 radical (unpaired) electrons. The molecule has 6 heteroatoms. The number of hydrogen-bond acceptors (Lipinski definition) is 6. The van der Waals surface area contributed by atoms with E-state index in [2.05, 4.69) is 0 Å². The van der Waals surface area contributed by atoms with Crippen LogP contribution in [0.15, 0.2) is 47.5 Å². The van der Waals surface area contributed by atoms with Gasteiger partial charge in [-0.3, -0.25) is 4.79 Å². The minimum atomic E-state index is -0.0869. The van der Waals surface area contributed by atoms with Crippen molar-refractivity contribution >= 4 is 17.9 Å². The van der Waals surface area contributed by atoms with Crippen LogP contribution >= 0.6 is 0 Å². The first-order valence-electron chi connectivity index (χ1n) is 8.68. The monoisotopic (exact) mass is 382 g/mol. The van der Waals surface area contributed by atoms with Gasteiger partial charge in [0, 0.05) is 22.8 Å². The van der Waals surface area contributed by atoms with Crippen molar-refractivity contribution in [1.82, 2.24) is 0 Å². The van der Waals surface area contributed by atoms with E-state index >= 15 is 0 Å². The maximum atomic E-state index is 12.9. The van der Waals surface area contributed by atoms with Crippen LogP contribution in [-0.2, 0) is 9.53 Å². The molecule has 28 heavy (non-hydrogen) atoms. The number of rotatable bonds is 5. The third-order valence-corrected chi connectivity index (χ3v) is 4.41. The average Bonchev–Trinajstić information content (AvgIpc) is 2.72. The van der Waals surface area contributed by atoms with Crippen LogP contribution in [0.3, 0.4) is 0 Å². The van der Waals surface area contributed by atoms with Gasteiger partial charge in [0.1, 0.15) is 11.5 Å². The zero-order valence-corrected chi connectivity index (χ0v) is 16.0. The molecule has 0 amide bonds. The van der Waals surface area contributed by atoms with Gasteiger partial charge in [-0.2, -0.15) is 0 Å². The fraction of sp³-hybridized carbons (Fsp3) is 0.227. The molecule has 0 aromatic heterocycles. The molecule has 0 saturated carbocycles. The van der Waals surface area contributed by atoms with E-state index in [1.165, 1.54) is 13.2 Å². The highest BCUT2D eigenvalue weighted by molar-refractivity contribution is 6.14. The molecule has 1 N–H and O–H groups in total. The normalized spacial score (nSPS) is 17.0. The first-order chi connectivity index (χ1) is 13.5. The Kier molecular flexibility index (Phi) is 6.01. The summed E-state index contributed by atoms with van der Waals surface area (Å²) in [6, 6.07) is 10.3. The second-order valence-electron chi connectivity index (χ2n) is 6.20. The van der Waals surface area contributed by atoms with Gasteiger partial charge in [-0.15, -0.1) is 0 Å². The van der Waals surface area contributed by atoms with Gasteiger partial charge in [-0.25, -0.2) is 0 Å². The third-order valence-electron chi connectivity index (χ3n) is 4.41. The topological polar surface area (TPSA) is 74.2 Å². The van der Waals surface area contributed by atoms with Gasteiger partial charge in [0.2, 0.25) is 0 Å². The van der Waals surface area contributed by atoms with Crippen molar-refractivity contribution in [3.8, 4) is 23.0 Å². The molecule has 1 fully saturated rings. The molecular weight excluding hydrogens is 360 g/mol. The third kappa shape index (κ3) is 4.18. The zero-order valence-electron chi connectivity index (χ0n) is 16.0. The van der Waals surface area contributed by atoms with E-state index in [1.54, 1.807) is 44.6 Å². The van der Waals surface area contributed by atoms with E-state index < -0.39 is 0 Å². The van der Waals surface area contributed by atoms with Crippen LogP contribution in [0.1, 0.15) is 11.1 Å². The number of methoxy groups -OCH3 is 3. The van der Waals surface area contributed by atoms with Gasteiger partial charge in [0.05, 0.1) is 34.5 Å². The Morgan fingerprint density at radius 1 is 0.893 bits per heavy atom. The van der Waals surface area contributed by atoms with Crippen molar-refractivity contribution in [2.75, 3.05) is 34.5 Å². The Morgan fingerprint density at radius 2 is 1.61 bits per heavy atom. The maximum Gasteiger partial charge on any atom is 0.189 e. The Morgan fingerprint density at radius 3 is 2.29 bits per heavy atom. The Hall–Kier alpha value is -3.25. The second kappa shape index (κ2) is 8.63. The minimum Gasteiger partial charge on any atom is -0.504 e. The number of Topliss-reactive ketones (excluding diaryl/α,β-unsaturated/α-hetero) is 1. The quantitative estimate of drug-likeness (QED) is 0.798. The average molecular weight is 382 g/mol. The highest BCUT2D eigenvalue weighted by atomic mass is 16.5. The fourth-order valence-corrected chi connectivity index (χ4v) is 2.93. The van der Waals surface area contributed by atoms with Gasteiger partial charge >= 0.3 is 0 Å². The van der Waals surface area contributed by atoms with Crippen LogP contribution < -0.4 is 14.2 Å². The smallest absolute Gasteiger partial charge is 0.189 e. The first kappa shape index (κ1) is 19.5. The van der Waals surface area contributed by atoms with Crippen molar-refractivity contribution in [3.63, 3.8) is 0 Å². The van der Waals surface area contributed by atoms with Crippen molar-refractivity contribution in [1.29, 1.82) is 0 Å². The predicted molar refractivity (Wildman–Crippen MR) is 106 cm³/mol. The molecule has 2 aromatic rings. The van der Waals surface area contributed by atoms with Crippen molar-refractivity contribution < 1.29 is 28.8 Å². The number of aromatic hydroxyl groups is 1. The summed E-state index contributed by atoms with van der Waals surface area (Å²) in [7, 11) is 4.63. The summed E-state index contributed by atoms with van der Waals surface area (Å²) in [6.45, 7) is 0.448. The second-order valence-corrected chi connectivity index (χ2v) is 6.20. The van der Waals surface area contributed by atoms with E-state index in [1.807, 2.05) is 12.1 Å². The molecule has 0 atom stereocenters. The first-order valence-corrected chi connectivity index (χ1v) is 8.68. The summed E-state index contributed by atoms with van der Waals surface area (Å²) in [4.78, 5) is 12.9. The number of carbonyl (C=O) groups is 1.